The van der Waals surface area contributed by atoms with Gasteiger partial charge < -0.3 is 4.74 Å². The van der Waals surface area contributed by atoms with Crippen molar-refractivity contribution in [1.29, 1.82) is 0 Å². The van der Waals surface area contributed by atoms with Crippen molar-refractivity contribution in [2.45, 2.75) is 26.7 Å². The Balaban J connectivity index is 1.71. The number of thioether (sulfide) groups is 1. The number of fused-ring (bicyclic) bond motifs is 1. The molecule has 138 valence electrons. The Labute approximate surface area is 163 Å². The van der Waals surface area contributed by atoms with Gasteiger partial charge in [0.15, 0.2) is 5.17 Å². The Kier molecular flexibility index (Phi) is 5.03. The quantitative estimate of drug-likeness (QED) is 0.717. The first kappa shape index (κ1) is 17.9. The van der Waals surface area contributed by atoms with Crippen molar-refractivity contribution in [3.05, 3.63) is 64.1 Å². The third-order valence-corrected chi connectivity index (χ3v) is 5.65. The Morgan fingerprint density at radius 1 is 1.26 bits per heavy atom. The van der Waals surface area contributed by atoms with Crippen molar-refractivity contribution in [2.24, 2.45) is 4.99 Å². The molecule has 2 aliphatic rings. The van der Waals surface area contributed by atoms with E-state index in [9.17, 15) is 4.79 Å². The minimum Gasteiger partial charge on any atom is -0.493 e. The maximum atomic E-state index is 13.2. The molecule has 0 bridgehead atoms. The van der Waals surface area contributed by atoms with Crippen LogP contribution >= 0.6 is 11.8 Å². The molecule has 0 aliphatic carbocycles. The van der Waals surface area contributed by atoms with Crippen molar-refractivity contribution < 1.29 is 9.53 Å². The van der Waals surface area contributed by atoms with Gasteiger partial charge in [-0.1, -0.05) is 31.2 Å². The number of aliphatic imine (C=N–C) groups is 1. The van der Waals surface area contributed by atoms with Gasteiger partial charge in [-0.3, -0.25) is 14.7 Å². The van der Waals surface area contributed by atoms with E-state index in [0.29, 0.717) is 11.4 Å². The van der Waals surface area contributed by atoms with Gasteiger partial charge in [0.25, 0.3) is 5.91 Å². The second kappa shape index (κ2) is 7.61. The smallest absolute Gasteiger partial charge is 0.271 e. The molecule has 1 saturated heterocycles. The molecule has 1 fully saturated rings. The monoisotopic (exact) mass is 378 g/mol. The fourth-order valence-corrected chi connectivity index (χ4v) is 4.26. The number of ether oxygens (including phenoxy) is 1. The van der Waals surface area contributed by atoms with E-state index in [2.05, 4.69) is 18.0 Å². The van der Waals surface area contributed by atoms with Crippen LogP contribution in [0.5, 0.6) is 5.75 Å². The summed E-state index contributed by atoms with van der Waals surface area (Å²) in [5.41, 5.74) is 4.19. The number of aryl methyl sites for hydroxylation is 1. The van der Waals surface area contributed by atoms with E-state index < -0.39 is 0 Å². The van der Waals surface area contributed by atoms with E-state index in [1.807, 2.05) is 49.4 Å². The second-order valence-corrected chi connectivity index (χ2v) is 7.68. The van der Waals surface area contributed by atoms with Gasteiger partial charge in [0.1, 0.15) is 5.75 Å². The molecule has 0 aromatic heterocycles. The van der Waals surface area contributed by atoms with E-state index in [-0.39, 0.29) is 5.91 Å². The lowest BCUT2D eigenvalue weighted by Gasteiger charge is -2.17. The molecular formula is C22H22N2O2S. The summed E-state index contributed by atoms with van der Waals surface area (Å²) in [6, 6.07) is 14.0. The SMILES string of the molecule is CCCN=C1S/C(=C\c2ccc3c(c2)CCO3)C(=O)N1c1ccccc1C. The molecule has 27 heavy (non-hydrogen) atoms. The van der Waals surface area contributed by atoms with Crippen LogP contribution < -0.4 is 9.64 Å². The van der Waals surface area contributed by atoms with Crippen LogP contribution in [0.1, 0.15) is 30.0 Å². The lowest BCUT2D eigenvalue weighted by Crippen LogP contribution is -2.29. The molecule has 2 aromatic rings. The third kappa shape index (κ3) is 3.52. The predicted octanol–water partition coefficient (Wildman–Crippen LogP) is 4.82. The van der Waals surface area contributed by atoms with Gasteiger partial charge in [-0.15, -0.1) is 0 Å². The maximum Gasteiger partial charge on any atom is 0.271 e. The third-order valence-electron chi connectivity index (χ3n) is 4.64. The van der Waals surface area contributed by atoms with E-state index in [1.165, 1.54) is 17.3 Å². The first-order valence-electron chi connectivity index (χ1n) is 9.27. The Hall–Kier alpha value is -2.53. The summed E-state index contributed by atoms with van der Waals surface area (Å²) in [4.78, 5) is 20.3. The van der Waals surface area contributed by atoms with Crippen LogP contribution in [0, 0.1) is 6.92 Å². The highest BCUT2D eigenvalue weighted by Gasteiger charge is 2.35. The number of carbonyl (C=O) groups is 1. The summed E-state index contributed by atoms with van der Waals surface area (Å²) in [6.07, 6.45) is 3.83. The molecule has 2 aliphatic heterocycles. The molecule has 1 amide bonds. The Bertz CT molecular complexity index is 949. The van der Waals surface area contributed by atoms with Gasteiger partial charge >= 0.3 is 0 Å². The number of anilines is 1. The first-order chi connectivity index (χ1) is 13.2. The number of hydrogen-bond donors (Lipinski definition) is 0. The highest BCUT2D eigenvalue weighted by molar-refractivity contribution is 8.19. The van der Waals surface area contributed by atoms with E-state index in [1.54, 1.807) is 4.90 Å². The van der Waals surface area contributed by atoms with E-state index >= 15 is 0 Å². The number of nitrogens with zero attached hydrogens (tertiary/aromatic N) is 2. The molecule has 0 unspecified atom stereocenters. The molecule has 0 radical (unpaired) electrons. The molecule has 2 aromatic carbocycles. The number of para-hydroxylation sites is 1. The fraction of sp³-hybridized carbons (Fsp3) is 0.273. The summed E-state index contributed by atoms with van der Waals surface area (Å²) < 4.78 is 5.57. The number of amidine groups is 1. The van der Waals surface area contributed by atoms with Gasteiger partial charge in [0.05, 0.1) is 17.2 Å². The van der Waals surface area contributed by atoms with Gasteiger partial charge in [-0.25, -0.2) is 0 Å². The van der Waals surface area contributed by atoms with Crippen LogP contribution in [0.25, 0.3) is 6.08 Å². The van der Waals surface area contributed by atoms with Crippen molar-refractivity contribution >= 4 is 34.6 Å². The zero-order chi connectivity index (χ0) is 18.8. The predicted molar refractivity (Wildman–Crippen MR) is 112 cm³/mol. The standard InChI is InChI=1S/C22H22N2O2S/c1-3-11-23-22-24(18-7-5-4-6-15(18)2)21(25)20(27-22)14-16-8-9-19-17(13-16)10-12-26-19/h4-9,13-14H,3,10-12H2,1-2H3/b20-14-,23-22?. The lowest BCUT2D eigenvalue weighted by atomic mass is 10.1. The largest absolute Gasteiger partial charge is 0.493 e. The number of amides is 1. The average Bonchev–Trinajstić information content (AvgIpc) is 3.25. The van der Waals surface area contributed by atoms with Crippen molar-refractivity contribution in [3.63, 3.8) is 0 Å². The normalized spacial score (nSPS) is 19.0. The molecule has 0 saturated carbocycles. The zero-order valence-corrected chi connectivity index (χ0v) is 16.4. The highest BCUT2D eigenvalue weighted by Crippen LogP contribution is 2.38. The van der Waals surface area contributed by atoms with Gasteiger partial charge in [-0.2, -0.15) is 0 Å². The summed E-state index contributed by atoms with van der Waals surface area (Å²) in [6.45, 7) is 5.55. The molecule has 0 atom stereocenters. The van der Waals surface area contributed by atoms with Crippen LogP contribution in [0.3, 0.4) is 0 Å². The first-order valence-corrected chi connectivity index (χ1v) is 10.1. The van der Waals surface area contributed by atoms with E-state index in [4.69, 9.17) is 4.74 Å². The van der Waals surface area contributed by atoms with Crippen molar-refractivity contribution in [1.82, 2.24) is 0 Å². The van der Waals surface area contributed by atoms with Gasteiger partial charge in [0.2, 0.25) is 0 Å². The van der Waals surface area contributed by atoms with Gasteiger partial charge in [-0.05, 0) is 66.1 Å². The zero-order valence-electron chi connectivity index (χ0n) is 15.6. The van der Waals surface area contributed by atoms with E-state index in [0.717, 1.165) is 47.2 Å². The number of hydrogen-bond acceptors (Lipinski definition) is 4. The Morgan fingerprint density at radius 3 is 2.93 bits per heavy atom. The molecule has 4 rings (SSSR count). The van der Waals surface area contributed by atoms with Crippen molar-refractivity contribution in [2.75, 3.05) is 18.1 Å². The van der Waals surface area contributed by atoms with Crippen LogP contribution in [0.15, 0.2) is 52.4 Å². The fourth-order valence-electron chi connectivity index (χ4n) is 3.26. The molecular weight excluding hydrogens is 356 g/mol. The molecule has 0 N–H and O–H groups in total. The number of rotatable bonds is 4. The minimum absolute atomic E-state index is 0.0131. The lowest BCUT2D eigenvalue weighted by molar-refractivity contribution is -0.113. The summed E-state index contributed by atoms with van der Waals surface area (Å²) in [5.74, 6) is 0.940. The summed E-state index contributed by atoms with van der Waals surface area (Å²) in [5, 5.41) is 0.756. The van der Waals surface area contributed by atoms with Crippen molar-refractivity contribution in [3.8, 4) is 5.75 Å². The molecule has 5 heteroatoms. The number of carbonyl (C=O) groups excluding carboxylic acids is 1. The maximum absolute atomic E-state index is 13.2. The van der Waals surface area contributed by atoms with Crippen LogP contribution in [-0.2, 0) is 11.2 Å². The molecule has 2 heterocycles. The van der Waals surface area contributed by atoms with Gasteiger partial charge in [0, 0.05) is 13.0 Å². The summed E-state index contributed by atoms with van der Waals surface area (Å²) >= 11 is 1.45. The Morgan fingerprint density at radius 2 is 2.11 bits per heavy atom. The number of benzene rings is 2. The average molecular weight is 378 g/mol. The minimum atomic E-state index is -0.0131. The topological polar surface area (TPSA) is 41.9 Å². The molecule has 4 nitrogen and oxygen atoms in total. The summed E-state index contributed by atoms with van der Waals surface area (Å²) in [7, 11) is 0. The highest BCUT2D eigenvalue weighted by atomic mass is 32.2. The van der Waals surface area contributed by atoms with Crippen LogP contribution in [0.2, 0.25) is 0 Å². The second-order valence-electron chi connectivity index (χ2n) is 6.67. The van der Waals surface area contributed by atoms with Crippen LogP contribution in [-0.4, -0.2) is 24.2 Å². The van der Waals surface area contributed by atoms with Crippen LogP contribution in [0.4, 0.5) is 5.69 Å². The molecule has 0 spiro atoms.